The van der Waals surface area contributed by atoms with Crippen LogP contribution < -0.4 is 0 Å². The molecule has 0 spiro atoms. The molecule has 1 amide bonds. The van der Waals surface area contributed by atoms with E-state index in [-0.39, 0.29) is 17.9 Å². The second kappa shape index (κ2) is 7.95. The molecule has 0 radical (unpaired) electrons. The Bertz CT molecular complexity index is 1130. The molecule has 0 saturated carbocycles. The average molecular weight is 398 g/mol. The molecular formula is C25H22N2O3. The number of Topliss-reactive ketones (excluding diaryl/α,β-unsaturated/α-hetero) is 1. The predicted octanol–water partition coefficient (Wildman–Crippen LogP) is 4.32. The van der Waals surface area contributed by atoms with E-state index in [1.807, 2.05) is 62.4 Å². The number of amides is 1. The second-order valence-corrected chi connectivity index (χ2v) is 7.47. The van der Waals surface area contributed by atoms with Crippen molar-refractivity contribution in [1.82, 2.24) is 9.88 Å². The third-order valence-corrected chi connectivity index (χ3v) is 5.41. The number of carbonyl (C=O) groups is 2. The summed E-state index contributed by atoms with van der Waals surface area (Å²) in [6, 6.07) is 19.6. The number of hydrogen-bond acceptors (Lipinski definition) is 4. The summed E-state index contributed by atoms with van der Waals surface area (Å²) in [5.74, 6) is -1.48. The molecule has 2 aromatic carbocycles. The molecular weight excluding hydrogens is 376 g/mol. The highest BCUT2D eigenvalue weighted by Crippen LogP contribution is 2.41. The summed E-state index contributed by atoms with van der Waals surface area (Å²) < 4.78 is 0. The Morgan fingerprint density at radius 1 is 0.967 bits per heavy atom. The van der Waals surface area contributed by atoms with E-state index in [0.29, 0.717) is 11.3 Å². The lowest BCUT2D eigenvalue weighted by Crippen LogP contribution is -2.29. The van der Waals surface area contributed by atoms with Gasteiger partial charge in [0.2, 0.25) is 0 Å². The maximum atomic E-state index is 13.1. The van der Waals surface area contributed by atoms with Gasteiger partial charge in [0.25, 0.3) is 11.7 Å². The summed E-state index contributed by atoms with van der Waals surface area (Å²) in [6.45, 7) is 4.06. The van der Waals surface area contributed by atoms with E-state index in [4.69, 9.17) is 0 Å². The number of ketones is 1. The number of benzene rings is 2. The van der Waals surface area contributed by atoms with Crippen LogP contribution in [0.5, 0.6) is 0 Å². The van der Waals surface area contributed by atoms with E-state index in [0.717, 1.165) is 16.7 Å². The number of carbonyl (C=O) groups excluding carboxylic acids is 2. The van der Waals surface area contributed by atoms with Crippen LogP contribution in [0.15, 0.2) is 78.5 Å². The standard InChI is InChI=1S/C25H22N2O3/c1-16-10-12-18(13-11-16)23(28)21-22(20-9-4-3-7-17(20)2)27(25(30)24(21)29)15-19-8-5-6-14-26-19/h3-14,22,28H,15H2,1-2H3/b23-21+. The largest absolute Gasteiger partial charge is 0.507 e. The minimum atomic E-state index is -0.686. The lowest BCUT2D eigenvalue weighted by Gasteiger charge is -2.26. The summed E-state index contributed by atoms with van der Waals surface area (Å²) in [5.41, 5.74) is 4.07. The smallest absolute Gasteiger partial charge is 0.296 e. The Kier molecular flexibility index (Phi) is 5.19. The number of aliphatic hydroxyl groups excluding tert-OH is 1. The van der Waals surface area contributed by atoms with Crippen molar-refractivity contribution in [2.75, 3.05) is 0 Å². The van der Waals surface area contributed by atoms with Gasteiger partial charge in [-0.15, -0.1) is 0 Å². The highest BCUT2D eigenvalue weighted by atomic mass is 16.3. The summed E-state index contributed by atoms with van der Waals surface area (Å²) in [6.07, 6.45) is 1.65. The molecule has 1 atom stereocenters. The molecule has 1 saturated heterocycles. The molecule has 1 aliphatic heterocycles. The Balaban J connectivity index is 1.88. The maximum Gasteiger partial charge on any atom is 0.296 e. The van der Waals surface area contributed by atoms with Gasteiger partial charge < -0.3 is 10.0 Å². The van der Waals surface area contributed by atoms with E-state index in [9.17, 15) is 14.7 Å². The molecule has 2 heterocycles. The van der Waals surface area contributed by atoms with Crippen molar-refractivity contribution in [2.45, 2.75) is 26.4 Å². The third-order valence-electron chi connectivity index (χ3n) is 5.41. The van der Waals surface area contributed by atoms with E-state index in [1.54, 1.807) is 24.4 Å². The first-order valence-electron chi connectivity index (χ1n) is 9.78. The van der Waals surface area contributed by atoms with Crippen LogP contribution in [0.4, 0.5) is 0 Å². The third kappa shape index (κ3) is 3.50. The molecule has 30 heavy (non-hydrogen) atoms. The Labute approximate surface area is 175 Å². The molecule has 4 rings (SSSR count). The van der Waals surface area contributed by atoms with Gasteiger partial charge in [-0.1, -0.05) is 60.2 Å². The first-order chi connectivity index (χ1) is 14.5. The average Bonchev–Trinajstić information content (AvgIpc) is 3.00. The van der Waals surface area contributed by atoms with Crippen LogP contribution in [0.25, 0.3) is 5.76 Å². The second-order valence-electron chi connectivity index (χ2n) is 7.47. The zero-order valence-electron chi connectivity index (χ0n) is 16.9. The van der Waals surface area contributed by atoms with Gasteiger partial charge in [0, 0.05) is 11.8 Å². The molecule has 1 N–H and O–H groups in total. The molecule has 1 aromatic heterocycles. The van der Waals surface area contributed by atoms with E-state index in [1.165, 1.54) is 4.90 Å². The predicted molar refractivity (Wildman–Crippen MR) is 114 cm³/mol. The number of rotatable bonds is 4. The van der Waals surface area contributed by atoms with Crippen molar-refractivity contribution in [3.8, 4) is 0 Å². The number of likely N-dealkylation sites (tertiary alicyclic amines) is 1. The summed E-state index contributed by atoms with van der Waals surface area (Å²) >= 11 is 0. The van der Waals surface area contributed by atoms with Gasteiger partial charge in [-0.25, -0.2) is 0 Å². The fraction of sp³-hybridized carbons (Fsp3) is 0.160. The van der Waals surface area contributed by atoms with Crippen LogP contribution in [0.2, 0.25) is 0 Å². The number of aromatic nitrogens is 1. The SMILES string of the molecule is Cc1ccc(/C(O)=C2\C(=O)C(=O)N(Cc3ccccn3)C2c2ccccc2C)cc1. The van der Waals surface area contributed by atoms with Crippen LogP contribution in [0.3, 0.4) is 0 Å². The van der Waals surface area contributed by atoms with E-state index >= 15 is 0 Å². The number of aliphatic hydroxyl groups is 1. The molecule has 5 nitrogen and oxygen atoms in total. The molecule has 1 aliphatic rings. The lowest BCUT2D eigenvalue weighted by atomic mass is 9.92. The number of aryl methyl sites for hydroxylation is 2. The fourth-order valence-corrected chi connectivity index (χ4v) is 3.79. The van der Waals surface area contributed by atoms with Crippen molar-refractivity contribution >= 4 is 17.4 Å². The van der Waals surface area contributed by atoms with Gasteiger partial charge in [0.15, 0.2) is 0 Å². The Morgan fingerprint density at radius 3 is 2.33 bits per heavy atom. The zero-order valence-corrected chi connectivity index (χ0v) is 16.9. The normalized spacial score (nSPS) is 18.1. The Hall–Kier alpha value is -3.73. The van der Waals surface area contributed by atoms with Crippen LogP contribution in [0, 0.1) is 13.8 Å². The fourth-order valence-electron chi connectivity index (χ4n) is 3.79. The van der Waals surface area contributed by atoms with Crippen LogP contribution in [-0.4, -0.2) is 26.7 Å². The summed E-state index contributed by atoms with van der Waals surface area (Å²) in [4.78, 5) is 31.9. The lowest BCUT2D eigenvalue weighted by molar-refractivity contribution is -0.140. The van der Waals surface area contributed by atoms with Crippen molar-refractivity contribution in [2.24, 2.45) is 0 Å². The zero-order chi connectivity index (χ0) is 21.3. The van der Waals surface area contributed by atoms with Crippen LogP contribution in [-0.2, 0) is 16.1 Å². The van der Waals surface area contributed by atoms with Gasteiger partial charge >= 0.3 is 0 Å². The molecule has 0 bridgehead atoms. The first-order valence-corrected chi connectivity index (χ1v) is 9.78. The van der Waals surface area contributed by atoms with Crippen molar-refractivity contribution < 1.29 is 14.7 Å². The number of hydrogen-bond donors (Lipinski definition) is 1. The molecule has 150 valence electrons. The molecule has 1 fully saturated rings. The monoisotopic (exact) mass is 398 g/mol. The molecule has 5 heteroatoms. The first kappa shape index (κ1) is 19.6. The van der Waals surface area contributed by atoms with Crippen molar-refractivity contribution in [1.29, 1.82) is 0 Å². The van der Waals surface area contributed by atoms with Gasteiger partial charge in [0.05, 0.1) is 23.9 Å². The van der Waals surface area contributed by atoms with Gasteiger partial charge in [-0.3, -0.25) is 14.6 Å². The quantitative estimate of drug-likeness (QED) is 0.404. The highest BCUT2D eigenvalue weighted by molar-refractivity contribution is 6.46. The van der Waals surface area contributed by atoms with Crippen molar-refractivity contribution in [3.05, 3.63) is 106 Å². The van der Waals surface area contributed by atoms with Crippen LogP contribution in [0.1, 0.15) is 34.0 Å². The van der Waals surface area contributed by atoms with E-state index in [2.05, 4.69) is 4.98 Å². The Morgan fingerprint density at radius 2 is 1.67 bits per heavy atom. The summed E-state index contributed by atoms with van der Waals surface area (Å²) in [7, 11) is 0. The number of pyridine rings is 1. The topological polar surface area (TPSA) is 70.5 Å². The van der Waals surface area contributed by atoms with Gasteiger partial charge in [0.1, 0.15) is 5.76 Å². The summed E-state index contributed by atoms with van der Waals surface area (Å²) in [5, 5.41) is 11.1. The molecule has 1 unspecified atom stereocenters. The van der Waals surface area contributed by atoms with E-state index < -0.39 is 17.7 Å². The minimum absolute atomic E-state index is 0.106. The number of nitrogens with zero attached hydrogens (tertiary/aromatic N) is 2. The highest BCUT2D eigenvalue weighted by Gasteiger charge is 2.46. The minimum Gasteiger partial charge on any atom is -0.507 e. The molecule has 3 aromatic rings. The van der Waals surface area contributed by atoms with Gasteiger partial charge in [-0.2, -0.15) is 0 Å². The van der Waals surface area contributed by atoms with Crippen LogP contribution >= 0.6 is 0 Å². The maximum absolute atomic E-state index is 13.1. The van der Waals surface area contributed by atoms with Gasteiger partial charge in [-0.05, 0) is 37.1 Å². The molecule has 0 aliphatic carbocycles. The van der Waals surface area contributed by atoms with Crippen molar-refractivity contribution in [3.63, 3.8) is 0 Å².